The molecule has 14 nitrogen and oxygen atoms in total. The van der Waals surface area contributed by atoms with Gasteiger partial charge in [0.1, 0.15) is 5.69 Å². The number of nitrogens with zero attached hydrogens (tertiary/aromatic N) is 4. The Hall–Kier alpha value is -4.66. The number of hydrogen-bond acceptors (Lipinski definition) is 10. The van der Waals surface area contributed by atoms with E-state index in [1.807, 2.05) is 88.7 Å². The molecule has 2 aromatic carbocycles. The molecule has 2 N–H and O–H groups in total. The molecule has 3 atom stereocenters. The fourth-order valence-electron chi connectivity index (χ4n) is 10.5. The summed E-state index contributed by atoms with van der Waals surface area (Å²) in [4.78, 5) is 55.3. The van der Waals surface area contributed by atoms with Crippen LogP contribution in [0.25, 0.3) is 22.5 Å². The van der Waals surface area contributed by atoms with Gasteiger partial charge in [-0.25, -0.2) is 4.68 Å². The minimum absolute atomic E-state index is 0.0936. The quantitative estimate of drug-likeness (QED) is 0.0691. The Kier molecular flexibility index (Phi) is 18.9. The number of methoxy groups -OCH3 is 1. The summed E-state index contributed by atoms with van der Waals surface area (Å²) in [6.07, 6.45) is 12.3. The van der Waals surface area contributed by atoms with Crippen LogP contribution in [-0.4, -0.2) is 89.1 Å². The van der Waals surface area contributed by atoms with Crippen molar-refractivity contribution in [2.45, 2.75) is 188 Å². The summed E-state index contributed by atoms with van der Waals surface area (Å²) < 4.78 is 27.3. The second-order valence-electron chi connectivity index (χ2n) is 22.1. The van der Waals surface area contributed by atoms with Gasteiger partial charge in [0.05, 0.1) is 41.7 Å². The minimum atomic E-state index is -1.08. The Labute approximate surface area is 418 Å². The molecule has 14 heteroatoms. The van der Waals surface area contributed by atoms with Gasteiger partial charge in [-0.3, -0.25) is 19.2 Å². The van der Waals surface area contributed by atoms with Gasteiger partial charge in [-0.2, -0.15) is 0 Å². The number of para-hydroxylation sites is 1. The molecular formula is C56H84N6O8. The van der Waals surface area contributed by atoms with E-state index in [4.69, 9.17) is 18.9 Å². The number of fused-ring (bicyclic) bond motifs is 7. The highest BCUT2D eigenvalue weighted by Crippen LogP contribution is 2.46. The molecule has 70 heavy (non-hydrogen) atoms. The number of ether oxygens (including phenoxy) is 4. The van der Waals surface area contributed by atoms with Gasteiger partial charge in [0.15, 0.2) is 5.79 Å². The van der Waals surface area contributed by atoms with Gasteiger partial charge in [0.2, 0.25) is 17.7 Å². The number of amides is 3. The van der Waals surface area contributed by atoms with Crippen molar-refractivity contribution in [1.29, 1.82) is 0 Å². The van der Waals surface area contributed by atoms with Gasteiger partial charge in [-0.15, -0.1) is 5.10 Å². The molecule has 0 radical (unpaired) electrons. The van der Waals surface area contributed by atoms with Crippen LogP contribution in [0.1, 0.15) is 170 Å². The van der Waals surface area contributed by atoms with Crippen molar-refractivity contribution in [1.82, 2.24) is 25.6 Å². The number of anilines is 1. The van der Waals surface area contributed by atoms with E-state index in [1.54, 1.807) is 12.0 Å². The number of esters is 1. The Bertz CT molecular complexity index is 2220. The van der Waals surface area contributed by atoms with E-state index >= 15 is 0 Å². The summed E-state index contributed by atoms with van der Waals surface area (Å²) in [5.74, 6) is -0.483. The Morgan fingerprint density at radius 2 is 1.50 bits per heavy atom. The first-order chi connectivity index (χ1) is 33.3. The zero-order valence-electron chi connectivity index (χ0n) is 44.1. The van der Waals surface area contributed by atoms with Crippen LogP contribution in [0.2, 0.25) is 0 Å². The zero-order valence-corrected chi connectivity index (χ0v) is 44.1. The predicted molar refractivity (Wildman–Crippen MR) is 274 cm³/mol. The van der Waals surface area contributed by atoms with Gasteiger partial charge in [0, 0.05) is 75.1 Å². The monoisotopic (exact) mass is 969 g/mol. The van der Waals surface area contributed by atoms with Crippen molar-refractivity contribution in [2.75, 3.05) is 38.3 Å². The summed E-state index contributed by atoms with van der Waals surface area (Å²) in [6.45, 7) is 19.2. The van der Waals surface area contributed by atoms with Crippen molar-refractivity contribution in [3.63, 3.8) is 0 Å². The highest BCUT2D eigenvalue weighted by Gasteiger charge is 2.44. The maximum Gasteiger partial charge on any atom is 0.308 e. The molecule has 3 aromatic rings. The first kappa shape index (κ1) is 54.7. The van der Waals surface area contributed by atoms with Crippen LogP contribution in [0.4, 0.5) is 5.69 Å². The maximum absolute atomic E-state index is 14.1. The molecule has 6 rings (SSSR count). The molecule has 3 aliphatic rings. The van der Waals surface area contributed by atoms with E-state index in [1.165, 1.54) is 25.7 Å². The summed E-state index contributed by atoms with van der Waals surface area (Å²) in [6, 6.07) is 16.0. The number of benzene rings is 2. The third kappa shape index (κ3) is 14.1. The molecule has 2 fully saturated rings. The number of hydrogen-bond donors (Lipinski definition) is 2. The largest absolute Gasteiger partial charge is 0.465 e. The van der Waals surface area contributed by atoms with Crippen LogP contribution in [-0.2, 0) is 44.7 Å². The van der Waals surface area contributed by atoms with Crippen molar-refractivity contribution in [3.05, 3.63) is 54.1 Å². The number of rotatable bonds is 23. The topological polar surface area (TPSA) is 163 Å². The highest BCUT2D eigenvalue weighted by atomic mass is 16.7. The van der Waals surface area contributed by atoms with Gasteiger partial charge in [-0.1, -0.05) is 102 Å². The van der Waals surface area contributed by atoms with Crippen LogP contribution >= 0.6 is 0 Å². The molecule has 2 aliphatic carbocycles. The Balaban J connectivity index is 0.970. The molecule has 0 saturated heterocycles. The summed E-state index contributed by atoms with van der Waals surface area (Å²) in [5.41, 5.74) is 3.55. The van der Waals surface area contributed by atoms with Crippen molar-refractivity contribution in [3.8, 4) is 22.5 Å². The van der Waals surface area contributed by atoms with Gasteiger partial charge in [-0.05, 0) is 103 Å². The number of nitrogens with one attached hydrogen (secondary N) is 2. The predicted octanol–water partition coefficient (Wildman–Crippen LogP) is 10.5. The molecule has 1 aliphatic heterocycles. The molecular weight excluding hydrogens is 885 g/mol. The lowest BCUT2D eigenvalue weighted by Crippen LogP contribution is -2.48. The van der Waals surface area contributed by atoms with Crippen molar-refractivity contribution >= 4 is 29.4 Å². The first-order valence-corrected chi connectivity index (χ1v) is 26.3. The van der Waals surface area contributed by atoms with E-state index in [0.717, 1.165) is 77.7 Å². The van der Waals surface area contributed by atoms with E-state index < -0.39 is 16.8 Å². The van der Waals surface area contributed by atoms with Gasteiger partial charge < -0.3 is 34.5 Å². The second kappa shape index (κ2) is 24.2. The van der Waals surface area contributed by atoms with E-state index in [-0.39, 0.29) is 67.2 Å². The molecule has 1 aromatic heterocycles. The normalized spacial score (nSPS) is 20.2. The molecule has 2 heterocycles. The summed E-state index contributed by atoms with van der Waals surface area (Å²) >= 11 is 0. The first-order valence-electron chi connectivity index (χ1n) is 26.3. The number of carbonyl (C=O) groups is 4. The summed E-state index contributed by atoms with van der Waals surface area (Å²) in [5, 5.41) is 15.3. The van der Waals surface area contributed by atoms with Crippen LogP contribution in [0.3, 0.4) is 0 Å². The smallest absolute Gasteiger partial charge is 0.308 e. The number of carbonyl (C=O) groups excluding carboxylic acids is 4. The minimum Gasteiger partial charge on any atom is -0.465 e. The molecule has 386 valence electrons. The number of aromatic nitrogens is 3. The average molecular weight is 969 g/mol. The SMILES string of the molecule is CCC1(OC(CCOC(=O)C(C)C)(CCC(=O)NCCC(C)(C)OCCC(C)(C)C(=O)NCCC(=O)N2Cc3ccccc3-c3c(nnn3C(C)C)-c3ccccc32)OC)CCC2CCCC(CC1)C2. The average Bonchev–Trinajstić information content (AvgIpc) is 3.77. The van der Waals surface area contributed by atoms with Crippen LogP contribution < -0.4 is 15.5 Å². The lowest BCUT2D eigenvalue weighted by molar-refractivity contribution is -0.295. The standard InChI is InChI=1S/C56H84N6O8/c1-11-55(27-23-41-17-16-18-42(37-41)24-28-55)70-56(67-10,32-35-68-51(65)39(2)3)29-25-47(63)57-34-30-54(8,9)69-36-31-53(6,7)52(66)58-33-26-48(64)61-38-43-19-12-13-20-44(43)50-49(59-60-62(50)40(4)5)45-21-14-15-22-46(45)61/h12-15,19-22,39-42H,11,16-18,23-38H2,1-10H3,(H,57,63)(H,58,66). The van der Waals surface area contributed by atoms with E-state index in [9.17, 15) is 19.2 Å². The fourth-order valence-corrected chi connectivity index (χ4v) is 10.5. The molecule has 2 saturated carbocycles. The lowest BCUT2D eigenvalue weighted by Gasteiger charge is -2.46. The van der Waals surface area contributed by atoms with Gasteiger partial charge >= 0.3 is 5.97 Å². The molecule has 3 unspecified atom stereocenters. The van der Waals surface area contributed by atoms with Crippen molar-refractivity contribution in [2.24, 2.45) is 23.2 Å². The van der Waals surface area contributed by atoms with Crippen LogP contribution in [0.15, 0.2) is 48.5 Å². The van der Waals surface area contributed by atoms with Crippen LogP contribution in [0, 0.1) is 23.2 Å². The third-order valence-electron chi connectivity index (χ3n) is 15.3. The fraction of sp³-hybridized carbons (Fsp3) is 0.679. The Morgan fingerprint density at radius 3 is 2.17 bits per heavy atom. The molecule has 0 spiro atoms. The maximum atomic E-state index is 14.1. The molecule has 2 bridgehead atoms. The molecule has 3 amide bonds. The Morgan fingerprint density at radius 1 is 0.814 bits per heavy atom. The van der Waals surface area contributed by atoms with E-state index in [2.05, 4.69) is 47.8 Å². The van der Waals surface area contributed by atoms with Crippen LogP contribution in [0.5, 0.6) is 0 Å². The summed E-state index contributed by atoms with van der Waals surface area (Å²) in [7, 11) is 1.64. The van der Waals surface area contributed by atoms with Crippen molar-refractivity contribution < 1.29 is 38.1 Å². The third-order valence-corrected chi connectivity index (χ3v) is 15.3. The van der Waals surface area contributed by atoms with Gasteiger partial charge in [0.25, 0.3) is 0 Å². The highest BCUT2D eigenvalue weighted by molar-refractivity contribution is 6.00. The van der Waals surface area contributed by atoms with E-state index in [0.29, 0.717) is 45.4 Å². The lowest BCUT2D eigenvalue weighted by atomic mass is 9.71. The second-order valence-corrected chi connectivity index (χ2v) is 22.1. The zero-order chi connectivity index (χ0) is 50.7.